The molecule has 0 fully saturated rings. The topological polar surface area (TPSA) is 98.1 Å². The van der Waals surface area contributed by atoms with Gasteiger partial charge in [-0.2, -0.15) is 0 Å². The number of hydrogen-bond acceptors (Lipinski definition) is 5. The Morgan fingerprint density at radius 3 is 2.95 bits per heavy atom. The number of nitrogens with two attached hydrogens (primary N) is 2. The van der Waals surface area contributed by atoms with Gasteiger partial charge in [0.05, 0.1) is 12.1 Å². The molecule has 0 saturated carbocycles. The van der Waals surface area contributed by atoms with Gasteiger partial charge in [0.1, 0.15) is 11.6 Å². The fourth-order valence-electron chi connectivity index (χ4n) is 2.36. The fourth-order valence-corrected chi connectivity index (χ4v) is 2.36. The van der Waals surface area contributed by atoms with E-state index in [2.05, 4.69) is 9.97 Å². The smallest absolute Gasteiger partial charge is 0.237 e. The monoisotopic (exact) mass is 269 g/mol. The Bertz CT molecular complexity index is 670. The van der Waals surface area contributed by atoms with E-state index in [1.807, 2.05) is 12.1 Å². The van der Waals surface area contributed by atoms with Gasteiger partial charge in [0.2, 0.25) is 5.91 Å². The van der Waals surface area contributed by atoms with Gasteiger partial charge in [-0.05, 0) is 36.4 Å². The van der Waals surface area contributed by atoms with Crippen molar-refractivity contribution in [3.05, 3.63) is 41.9 Å². The summed E-state index contributed by atoms with van der Waals surface area (Å²) in [7, 11) is 0. The SMILES string of the molecule is NCCc1nccc(N2C(=O)Cc3cc(N)ccc32)n1. The molecule has 0 spiro atoms. The zero-order chi connectivity index (χ0) is 14.1. The number of rotatable bonds is 3. The highest BCUT2D eigenvalue weighted by Gasteiger charge is 2.29. The lowest BCUT2D eigenvalue weighted by Gasteiger charge is -2.16. The third-order valence-corrected chi connectivity index (χ3v) is 3.22. The van der Waals surface area contributed by atoms with Crippen LogP contribution in [0.4, 0.5) is 17.2 Å². The van der Waals surface area contributed by atoms with Gasteiger partial charge in [0, 0.05) is 18.3 Å². The quantitative estimate of drug-likeness (QED) is 0.802. The normalized spacial score (nSPS) is 13.7. The summed E-state index contributed by atoms with van der Waals surface area (Å²) in [4.78, 5) is 22.4. The minimum Gasteiger partial charge on any atom is -0.399 e. The third kappa shape index (κ3) is 2.10. The maximum atomic E-state index is 12.2. The van der Waals surface area contributed by atoms with E-state index in [4.69, 9.17) is 11.5 Å². The maximum Gasteiger partial charge on any atom is 0.237 e. The van der Waals surface area contributed by atoms with E-state index < -0.39 is 0 Å². The Hall–Kier alpha value is -2.47. The number of carbonyl (C=O) groups excluding carboxylic acids is 1. The molecule has 0 saturated heterocycles. The first kappa shape index (κ1) is 12.6. The van der Waals surface area contributed by atoms with Gasteiger partial charge in [-0.25, -0.2) is 9.97 Å². The number of benzene rings is 1. The van der Waals surface area contributed by atoms with Crippen LogP contribution in [0.15, 0.2) is 30.5 Å². The summed E-state index contributed by atoms with van der Waals surface area (Å²) >= 11 is 0. The first-order valence-electron chi connectivity index (χ1n) is 6.42. The zero-order valence-corrected chi connectivity index (χ0v) is 10.9. The molecule has 1 aromatic carbocycles. The zero-order valence-electron chi connectivity index (χ0n) is 10.9. The van der Waals surface area contributed by atoms with Crippen LogP contribution in [0.1, 0.15) is 11.4 Å². The van der Waals surface area contributed by atoms with E-state index in [-0.39, 0.29) is 5.91 Å². The van der Waals surface area contributed by atoms with Crippen molar-refractivity contribution in [1.29, 1.82) is 0 Å². The second kappa shape index (κ2) is 4.90. The van der Waals surface area contributed by atoms with E-state index >= 15 is 0 Å². The molecule has 102 valence electrons. The molecule has 1 aliphatic rings. The summed E-state index contributed by atoms with van der Waals surface area (Å²) in [5.41, 5.74) is 13.7. The van der Waals surface area contributed by atoms with Crippen molar-refractivity contribution in [3.8, 4) is 0 Å². The van der Waals surface area contributed by atoms with Crippen molar-refractivity contribution in [2.24, 2.45) is 5.73 Å². The van der Waals surface area contributed by atoms with Crippen molar-refractivity contribution < 1.29 is 4.79 Å². The van der Waals surface area contributed by atoms with Crippen LogP contribution < -0.4 is 16.4 Å². The Morgan fingerprint density at radius 1 is 1.30 bits per heavy atom. The van der Waals surface area contributed by atoms with Crippen LogP contribution in [0.2, 0.25) is 0 Å². The number of nitrogens with zero attached hydrogens (tertiary/aromatic N) is 3. The maximum absolute atomic E-state index is 12.2. The minimum absolute atomic E-state index is 0.0111. The molecule has 4 N–H and O–H groups in total. The molecule has 0 aliphatic carbocycles. The molecule has 0 bridgehead atoms. The van der Waals surface area contributed by atoms with E-state index in [0.717, 1.165) is 11.3 Å². The second-order valence-electron chi connectivity index (χ2n) is 4.66. The van der Waals surface area contributed by atoms with Crippen LogP contribution >= 0.6 is 0 Å². The van der Waals surface area contributed by atoms with Crippen molar-refractivity contribution in [1.82, 2.24) is 9.97 Å². The van der Waals surface area contributed by atoms with E-state index in [0.29, 0.717) is 36.7 Å². The predicted octanol–water partition coefficient (Wildman–Crippen LogP) is 0.781. The highest BCUT2D eigenvalue weighted by Crippen LogP contribution is 2.35. The van der Waals surface area contributed by atoms with Gasteiger partial charge in [-0.1, -0.05) is 0 Å². The average Bonchev–Trinajstić information content (AvgIpc) is 2.74. The van der Waals surface area contributed by atoms with Crippen LogP contribution in [0, 0.1) is 0 Å². The number of carbonyl (C=O) groups is 1. The lowest BCUT2D eigenvalue weighted by molar-refractivity contribution is -0.116. The van der Waals surface area contributed by atoms with Crippen LogP contribution in [-0.2, 0) is 17.6 Å². The van der Waals surface area contributed by atoms with Gasteiger partial charge >= 0.3 is 0 Å². The van der Waals surface area contributed by atoms with Crippen molar-refractivity contribution in [3.63, 3.8) is 0 Å². The lowest BCUT2D eigenvalue weighted by Crippen LogP contribution is -2.22. The third-order valence-electron chi connectivity index (χ3n) is 3.22. The second-order valence-corrected chi connectivity index (χ2v) is 4.66. The van der Waals surface area contributed by atoms with Crippen molar-refractivity contribution in [2.75, 3.05) is 17.2 Å². The molecule has 6 nitrogen and oxygen atoms in total. The first-order valence-corrected chi connectivity index (χ1v) is 6.42. The van der Waals surface area contributed by atoms with Crippen molar-refractivity contribution in [2.45, 2.75) is 12.8 Å². The fraction of sp³-hybridized carbons (Fsp3) is 0.214. The largest absolute Gasteiger partial charge is 0.399 e. The van der Waals surface area contributed by atoms with Gasteiger partial charge < -0.3 is 11.5 Å². The molecule has 20 heavy (non-hydrogen) atoms. The summed E-state index contributed by atoms with van der Waals surface area (Å²) in [5.74, 6) is 1.21. The summed E-state index contributed by atoms with van der Waals surface area (Å²) in [5, 5.41) is 0. The van der Waals surface area contributed by atoms with Gasteiger partial charge in [-0.15, -0.1) is 0 Å². The number of aromatic nitrogens is 2. The molecular weight excluding hydrogens is 254 g/mol. The highest BCUT2D eigenvalue weighted by molar-refractivity contribution is 6.06. The number of fused-ring (bicyclic) bond motifs is 1. The van der Waals surface area contributed by atoms with Crippen LogP contribution in [0.25, 0.3) is 0 Å². The molecule has 2 aromatic rings. The van der Waals surface area contributed by atoms with Crippen molar-refractivity contribution >= 4 is 23.1 Å². The molecule has 1 aliphatic heterocycles. The summed E-state index contributed by atoms with van der Waals surface area (Å²) < 4.78 is 0. The number of nitrogen functional groups attached to an aromatic ring is 1. The Kier molecular flexibility index (Phi) is 3.08. The molecule has 2 heterocycles. The Balaban J connectivity index is 2.03. The standard InChI is InChI=1S/C14H15N5O/c15-5-3-12-17-6-4-13(18-12)19-11-2-1-10(16)7-9(11)8-14(19)20/h1-2,4,6-7H,3,5,8,15-16H2. The minimum atomic E-state index is -0.0111. The molecule has 6 heteroatoms. The molecule has 3 rings (SSSR count). The van der Waals surface area contributed by atoms with E-state index in [9.17, 15) is 4.79 Å². The van der Waals surface area contributed by atoms with E-state index in [1.54, 1.807) is 23.2 Å². The molecule has 0 atom stereocenters. The van der Waals surface area contributed by atoms with Gasteiger partial charge in [0.15, 0.2) is 0 Å². The van der Waals surface area contributed by atoms with Crippen LogP contribution in [-0.4, -0.2) is 22.4 Å². The first-order chi connectivity index (χ1) is 9.69. The van der Waals surface area contributed by atoms with Gasteiger partial charge in [-0.3, -0.25) is 9.69 Å². The molecule has 0 unspecified atom stereocenters. The summed E-state index contributed by atoms with van der Waals surface area (Å²) in [6.07, 6.45) is 2.58. The highest BCUT2D eigenvalue weighted by atomic mass is 16.2. The lowest BCUT2D eigenvalue weighted by atomic mass is 10.1. The van der Waals surface area contributed by atoms with E-state index in [1.165, 1.54) is 0 Å². The molecule has 1 amide bonds. The van der Waals surface area contributed by atoms with Crippen LogP contribution in [0.3, 0.4) is 0 Å². The number of hydrogen-bond donors (Lipinski definition) is 2. The summed E-state index contributed by atoms with van der Waals surface area (Å²) in [6, 6.07) is 7.19. The average molecular weight is 269 g/mol. The molecular formula is C14H15N5O. The number of anilines is 3. The summed E-state index contributed by atoms with van der Waals surface area (Å²) in [6.45, 7) is 0.477. The Labute approximate surface area is 116 Å². The predicted molar refractivity (Wildman–Crippen MR) is 76.5 cm³/mol. The van der Waals surface area contributed by atoms with Crippen LogP contribution in [0.5, 0.6) is 0 Å². The molecule has 0 radical (unpaired) electrons. The number of amides is 1. The Morgan fingerprint density at radius 2 is 2.15 bits per heavy atom. The molecule has 1 aromatic heterocycles. The van der Waals surface area contributed by atoms with Gasteiger partial charge in [0.25, 0.3) is 0 Å².